The number of esters is 1. The Bertz CT molecular complexity index is 1730. The second kappa shape index (κ2) is 13.7. The van der Waals surface area contributed by atoms with Crippen LogP contribution in [-0.2, 0) is 35.2 Å². The summed E-state index contributed by atoms with van der Waals surface area (Å²) in [5.74, 6) is 0.639. The van der Waals surface area contributed by atoms with Crippen LogP contribution in [0, 0.1) is 56.7 Å². The minimum Gasteiger partial charge on any atom is -0.481 e. The van der Waals surface area contributed by atoms with Gasteiger partial charge in [0.2, 0.25) is 5.91 Å². The van der Waals surface area contributed by atoms with Gasteiger partial charge in [0.25, 0.3) is 0 Å². The summed E-state index contributed by atoms with van der Waals surface area (Å²) in [5, 5.41) is 10.3. The zero-order valence-electron chi connectivity index (χ0n) is 33.8. The van der Waals surface area contributed by atoms with Crippen molar-refractivity contribution in [2.45, 2.75) is 138 Å². The molecule has 1 aliphatic heterocycles. The first-order chi connectivity index (χ1) is 25.2. The predicted molar refractivity (Wildman–Crippen MR) is 207 cm³/mol. The number of carboxylic acid groups (broad SMARTS) is 1. The van der Waals surface area contributed by atoms with Gasteiger partial charge in [-0.25, -0.2) is 0 Å². The molecule has 0 radical (unpaired) electrons. The molecule has 0 spiro atoms. The Morgan fingerprint density at radius 1 is 0.963 bits per heavy atom. The third-order valence-electron chi connectivity index (χ3n) is 16.1. The fourth-order valence-corrected chi connectivity index (χ4v) is 13.6. The number of carbonyl (C=O) groups excluding carboxylic acids is 3. The Kier molecular flexibility index (Phi) is 10.1. The molecule has 5 fully saturated rings. The Balaban J connectivity index is 1.15. The molecule has 8 nitrogen and oxygen atoms in total. The number of benzene rings is 1. The van der Waals surface area contributed by atoms with E-state index in [9.17, 15) is 24.3 Å². The zero-order valence-corrected chi connectivity index (χ0v) is 34.5. The van der Waals surface area contributed by atoms with Crippen LogP contribution in [0.1, 0.15) is 125 Å². The van der Waals surface area contributed by atoms with Crippen molar-refractivity contribution in [2.75, 3.05) is 13.2 Å². The van der Waals surface area contributed by atoms with Gasteiger partial charge in [-0.3, -0.25) is 19.2 Å². The maximum absolute atomic E-state index is 14.2. The third kappa shape index (κ3) is 6.28. The molecule has 1 amide bonds. The van der Waals surface area contributed by atoms with Gasteiger partial charge in [0.05, 0.1) is 17.9 Å². The van der Waals surface area contributed by atoms with Gasteiger partial charge in [0.1, 0.15) is 12.7 Å². The number of rotatable bonds is 8. The number of hydrogen-bond acceptors (Lipinski definition) is 6. The molecule has 9 heteroatoms. The monoisotopic (exact) mass is 763 g/mol. The van der Waals surface area contributed by atoms with Crippen molar-refractivity contribution in [1.29, 1.82) is 0 Å². The lowest BCUT2D eigenvalue weighted by atomic mass is 9.36. The summed E-state index contributed by atoms with van der Waals surface area (Å²) in [6.07, 6.45) is 7.90. The van der Waals surface area contributed by atoms with Gasteiger partial charge in [-0.2, -0.15) is 0 Å². The van der Waals surface area contributed by atoms with Crippen molar-refractivity contribution in [1.82, 2.24) is 4.90 Å². The largest absolute Gasteiger partial charge is 0.481 e. The van der Waals surface area contributed by atoms with Crippen LogP contribution in [0.3, 0.4) is 0 Å². The highest BCUT2D eigenvalue weighted by Crippen LogP contribution is 2.73. The lowest BCUT2D eigenvalue weighted by Crippen LogP contribution is -2.63. The highest BCUT2D eigenvalue weighted by Gasteiger charge is 2.67. The number of nitrogens with zero attached hydrogens (tertiary/aromatic N) is 1. The van der Waals surface area contributed by atoms with Crippen molar-refractivity contribution in [3.63, 3.8) is 0 Å². The summed E-state index contributed by atoms with van der Waals surface area (Å²) in [4.78, 5) is 54.2. The van der Waals surface area contributed by atoms with Crippen LogP contribution < -0.4 is 0 Å². The van der Waals surface area contributed by atoms with Gasteiger partial charge < -0.3 is 19.5 Å². The number of fused-ring (bicyclic) bond motifs is 7. The van der Waals surface area contributed by atoms with E-state index in [1.807, 2.05) is 29.2 Å². The standard InChI is InChI=1S/C45H62ClNO7/c1-26(2)38-31(48)21-45(35-24-47(36(49)25-53-35)23-27-9-11-28(46)12-10-27)20-15-30-29(39(38)45)13-14-33-43(30,7)18-16-32-42(5,6)34(17-19-44(32,33)8)54-37(50)22-41(3,4)40(51)52/h9-12,26,29-30,32-35H,13-25H2,1-8H3,(H,51,52). The maximum atomic E-state index is 14.2. The Hall–Kier alpha value is -2.71. The molecule has 4 saturated carbocycles. The Morgan fingerprint density at radius 2 is 1.65 bits per heavy atom. The molecule has 1 aromatic carbocycles. The molecular formula is C45H62ClNO7. The molecule has 1 saturated heterocycles. The quantitative estimate of drug-likeness (QED) is 0.263. The van der Waals surface area contributed by atoms with E-state index in [0.717, 1.165) is 62.5 Å². The molecule has 1 heterocycles. The van der Waals surface area contributed by atoms with E-state index >= 15 is 0 Å². The molecule has 5 aliphatic carbocycles. The number of aliphatic carboxylic acids is 1. The fourth-order valence-electron chi connectivity index (χ4n) is 13.5. The van der Waals surface area contributed by atoms with Crippen molar-refractivity contribution in [3.8, 4) is 0 Å². The van der Waals surface area contributed by atoms with Crippen LogP contribution >= 0.6 is 11.6 Å². The van der Waals surface area contributed by atoms with Crippen molar-refractivity contribution in [2.24, 2.45) is 56.7 Å². The van der Waals surface area contributed by atoms with Crippen molar-refractivity contribution >= 4 is 35.2 Å². The number of ether oxygens (including phenoxy) is 2. The number of halogens is 1. The minimum absolute atomic E-state index is 0.0141. The average molecular weight is 764 g/mol. The highest BCUT2D eigenvalue weighted by molar-refractivity contribution is 6.30. The number of hydrogen-bond donors (Lipinski definition) is 1. The van der Waals surface area contributed by atoms with Crippen LogP contribution in [-0.4, -0.2) is 59.0 Å². The fraction of sp³-hybridized carbons (Fsp3) is 0.733. The molecule has 7 rings (SSSR count). The first-order valence-electron chi connectivity index (χ1n) is 20.6. The summed E-state index contributed by atoms with van der Waals surface area (Å²) in [7, 11) is 0. The van der Waals surface area contributed by atoms with E-state index in [2.05, 4.69) is 41.5 Å². The summed E-state index contributed by atoms with van der Waals surface area (Å²) >= 11 is 6.16. The molecule has 296 valence electrons. The predicted octanol–water partition coefficient (Wildman–Crippen LogP) is 9.07. The van der Waals surface area contributed by atoms with Crippen LogP contribution in [0.15, 0.2) is 35.4 Å². The SMILES string of the molecule is CC(C)C1=C2C3CCC4C(C)(CCC5C(C)(C)C(OC(=O)CC(C)(C)C(=O)O)CCC54C)C3CCC2(C2CN(Cc3ccc(Cl)cc3)C(=O)CO2)CC1=O. The van der Waals surface area contributed by atoms with E-state index in [0.29, 0.717) is 48.2 Å². The summed E-state index contributed by atoms with van der Waals surface area (Å²) in [6, 6.07) is 7.68. The van der Waals surface area contributed by atoms with E-state index in [1.165, 1.54) is 5.57 Å². The zero-order chi connectivity index (χ0) is 39.2. The molecule has 6 aliphatic rings. The summed E-state index contributed by atoms with van der Waals surface area (Å²) in [6.45, 7) is 18.1. The Labute approximate surface area is 327 Å². The molecule has 0 aromatic heterocycles. The lowest BCUT2D eigenvalue weighted by molar-refractivity contribution is -0.215. The van der Waals surface area contributed by atoms with E-state index < -0.39 is 17.4 Å². The number of carboxylic acids is 1. The van der Waals surface area contributed by atoms with E-state index in [4.69, 9.17) is 21.1 Å². The van der Waals surface area contributed by atoms with Gasteiger partial charge in [-0.05, 0) is 129 Å². The molecule has 1 aromatic rings. The highest BCUT2D eigenvalue weighted by atomic mass is 35.5. The average Bonchev–Trinajstić information content (AvgIpc) is 3.41. The number of Topliss-reactive ketones (excluding diaryl/α,β-unsaturated/α-hetero) is 1. The Morgan fingerprint density at radius 3 is 2.31 bits per heavy atom. The van der Waals surface area contributed by atoms with Crippen molar-refractivity contribution in [3.05, 3.63) is 46.0 Å². The molecule has 0 bridgehead atoms. The van der Waals surface area contributed by atoms with Gasteiger partial charge in [0.15, 0.2) is 5.78 Å². The second-order valence-electron chi connectivity index (χ2n) is 20.1. The third-order valence-corrected chi connectivity index (χ3v) is 16.3. The van der Waals surface area contributed by atoms with Crippen molar-refractivity contribution < 1.29 is 33.8 Å². The van der Waals surface area contributed by atoms with E-state index in [1.54, 1.807) is 13.8 Å². The topological polar surface area (TPSA) is 110 Å². The number of ketones is 1. The van der Waals surface area contributed by atoms with Crippen LogP contribution in [0.25, 0.3) is 0 Å². The maximum Gasteiger partial charge on any atom is 0.309 e. The van der Waals surface area contributed by atoms with Crippen LogP contribution in [0.4, 0.5) is 0 Å². The number of allylic oxidation sites excluding steroid dienone is 1. The van der Waals surface area contributed by atoms with E-state index in [-0.39, 0.29) is 64.5 Å². The van der Waals surface area contributed by atoms with Gasteiger partial charge >= 0.3 is 11.9 Å². The van der Waals surface area contributed by atoms with Gasteiger partial charge in [-0.15, -0.1) is 0 Å². The summed E-state index contributed by atoms with van der Waals surface area (Å²) in [5.41, 5.74) is 1.82. The summed E-state index contributed by atoms with van der Waals surface area (Å²) < 4.78 is 12.7. The minimum atomic E-state index is -1.17. The molecule has 9 unspecified atom stereocenters. The first kappa shape index (κ1) is 39.5. The molecular weight excluding hydrogens is 702 g/mol. The van der Waals surface area contributed by atoms with Crippen LogP contribution in [0.2, 0.25) is 5.02 Å². The smallest absolute Gasteiger partial charge is 0.309 e. The van der Waals surface area contributed by atoms with Crippen LogP contribution in [0.5, 0.6) is 0 Å². The number of morpholine rings is 1. The lowest BCUT2D eigenvalue weighted by Gasteiger charge is -2.69. The number of amides is 1. The normalized spacial score (nSPS) is 37.7. The molecule has 54 heavy (non-hydrogen) atoms. The first-order valence-corrected chi connectivity index (χ1v) is 21.0. The second-order valence-corrected chi connectivity index (χ2v) is 20.6. The van der Waals surface area contributed by atoms with Gasteiger partial charge in [0, 0.05) is 35.4 Å². The molecule has 1 N–H and O–H groups in total. The molecule has 9 atom stereocenters. The number of carbonyl (C=O) groups is 4. The van der Waals surface area contributed by atoms with Gasteiger partial charge in [-0.1, -0.05) is 70.8 Å².